The van der Waals surface area contributed by atoms with Gasteiger partial charge in [-0.2, -0.15) is 18.2 Å². The molecule has 0 bridgehead atoms. The smallest absolute Gasteiger partial charge is 0.347 e. The summed E-state index contributed by atoms with van der Waals surface area (Å²) in [5.41, 5.74) is -2.02. The van der Waals surface area contributed by atoms with Crippen molar-refractivity contribution in [3.05, 3.63) is 44.9 Å². The third-order valence-corrected chi connectivity index (χ3v) is 3.38. The molecule has 0 atom stereocenters. The van der Waals surface area contributed by atoms with Crippen molar-refractivity contribution in [3.63, 3.8) is 0 Å². The van der Waals surface area contributed by atoms with Gasteiger partial charge in [0.1, 0.15) is 11.6 Å². The Hall–Kier alpha value is -2.36. The van der Waals surface area contributed by atoms with E-state index in [1.54, 1.807) is 0 Å². The molecule has 1 N–H and O–H groups in total. The van der Waals surface area contributed by atoms with Crippen molar-refractivity contribution < 1.29 is 22.5 Å². The summed E-state index contributed by atoms with van der Waals surface area (Å²) in [4.78, 5) is 27.7. The Bertz CT molecular complexity index is 829. The van der Waals surface area contributed by atoms with E-state index in [-0.39, 0.29) is 18.3 Å². The van der Waals surface area contributed by atoms with Crippen LogP contribution in [-0.4, -0.2) is 20.6 Å². The molecule has 136 valence electrons. The van der Waals surface area contributed by atoms with Gasteiger partial charge in [0.2, 0.25) is 11.8 Å². The lowest BCUT2D eigenvalue weighted by Gasteiger charge is -2.11. The van der Waals surface area contributed by atoms with Crippen molar-refractivity contribution >= 4 is 17.5 Å². The molecule has 0 unspecified atom stereocenters. The van der Waals surface area contributed by atoms with Gasteiger partial charge in [-0.15, -0.1) is 0 Å². The zero-order valence-electron chi connectivity index (χ0n) is 13.2. The number of halogens is 4. The van der Waals surface area contributed by atoms with Crippen molar-refractivity contribution in [1.82, 2.24) is 20.0 Å². The molecular weight excluding hydrogens is 365 g/mol. The van der Waals surface area contributed by atoms with Gasteiger partial charge in [0, 0.05) is 12.1 Å². The van der Waals surface area contributed by atoms with Crippen LogP contribution >= 0.6 is 11.6 Å². The average Bonchev–Trinajstić information content (AvgIpc) is 2.98. The minimum atomic E-state index is -4.69. The van der Waals surface area contributed by atoms with Crippen LogP contribution in [0.3, 0.4) is 0 Å². The lowest BCUT2D eigenvalue weighted by Crippen LogP contribution is -2.33. The molecule has 1 amide bonds. The van der Waals surface area contributed by atoms with Crippen molar-refractivity contribution in [1.29, 1.82) is 0 Å². The molecule has 0 radical (unpaired) electrons. The molecule has 2 aromatic rings. The molecule has 0 aliphatic carbocycles. The second kappa shape index (κ2) is 7.26. The lowest BCUT2D eigenvalue weighted by molar-refractivity contribution is -0.138. The van der Waals surface area contributed by atoms with Crippen LogP contribution in [0, 0.1) is 0 Å². The lowest BCUT2D eigenvalue weighted by atomic mass is 10.2. The summed E-state index contributed by atoms with van der Waals surface area (Å²) in [6, 6.07) is 0.519. The second-order valence-corrected chi connectivity index (χ2v) is 5.90. The fourth-order valence-corrected chi connectivity index (χ4v) is 2.06. The Kier molecular flexibility index (Phi) is 5.51. The van der Waals surface area contributed by atoms with Crippen LogP contribution in [-0.2, 0) is 24.1 Å². The Morgan fingerprint density at radius 2 is 2.12 bits per heavy atom. The molecule has 2 aromatic heterocycles. The van der Waals surface area contributed by atoms with Crippen LogP contribution in [0.25, 0.3) is 0 Å². The average molecular weight is 379 g/mol. The number of carbonyl (C=O) groups excluding carboxylic acids is 1. The monoisotopic (exact) mass is 378 g/mol. The fourth-order valence-electron chi connectivity index (χ4n) is 1.83. The first-order valence-electron chi connectivity index (χ1n) is 7.14. The standard InChI is InChI=1S/C14H14ClF3N4O3/c1-7(2)12-20-10(21-25-12)4-19-11(23)6-22-5-8(14(16,17)18)3-9(15)13(22)24/h3,5,7H,4,6H2,1-2H3,(H,19,23). The first kappa shape index (κ1) is 19.0. The van der Waals surface area contributed by atoms with Gasteiger partial charge in [0.25, 0.3) is 5.56 Å². The minimum absolute atomic E-state index is 0.0165. The highest BCUT2D eigenvalue weighted by Crippen LogP contribution is 2.29. The maximum Gasteiger partial charge on any atom is 0.417 e. The van der Waals surface area contributed by atoms with E-state index in [2.05, 4.69) is 15.5 Å². The van der Waals surface area contributed by atoms with Crippen LogP contribution in [0.1, 0.15) is 37.0 Å². The van der Waals surface area contributed by atoms with Crippen LogP contribution in [0.5, 0.6) is 0 Å². The van der Waals surface area contributed by atoms with Gasteiger partial charge in [-0.3, -0.25) is 9.59 Å². The third-order valence-electron chi connectivity index (χ3n) is 3.10. The number of carbonyl (C=O) groups is 1. The minimum Gasteiger partial charge on any atom is -0.347 e. The van der Waals surface area contributed by atoms with Crippen LogP contribution in [0.2, 0.25) is 5.02 Å². The molecule has 25 heavy (non-hydrogen) atoms. The number of alkyl halides is 3. The molecule has 0 saturated carbocycles. The van der Waals surface area contributed by atoms with Gasteiger partial charge in [-0.05, 0) is 6.07 Å². The maximum atomic E-state index is 12.8. The Labute approximate surface area is 144 Å². The summed E-state index contributed by atoms with van der Waals surface area (Å²) in [5.74, 6) is -0.0761. The predicted molar refractivity (Wildman–Crippen MR) is 80.9 cm³/mol. The Balaban J connectivity index is 2.07. The number of amides is 1. The summed E-state index contributed by atoms with van der Waals surface area (Å²) in [7, 11) is 0. The number of nitrogens with zero attached hydrogens (tertiary/aromatic N) is 3. The number of hydrogen-bond donors (Lipinski definition) is 1. The SMILES string of the molecule is CC(C)c1nc(CNC(=O)Cn2cc(C(F)(F)F)cc(Cl)c2=O)no1. The third kappa shape index (κ3) is 4.81. The van der Waals surface area contributed by atoms with E-state index in [1.165, 1.54) is 0 Å². The normalized spacial score (nSPS) is 11.8. The summed E-state index contributed by atoms with van der Waals surface area (Å²) in [6.07, 6.45) is -4.15. The largest absolute Gasteiger partial charge is 0.417 e. The van der Waals surface area contributed by atoms with Crippen molar-refractivity contribution in [2.45, 2.75) is 39.0 Å². The van der Waals surface area contributed by atoms with Gasteiger partial charge in [0.15, 0.2) is 5.82 Å². The van der Waals surface area contributed by atoms with Gasteiger partial charge < -0.3 is 14.4 Å². The Morgan fingerprint density at radius 1 is 1.44 bits per heavy atom. The van der Waals surface area contributed by atoms with E-state index in [0.29, 0.717) is 22.7 Å². The summed E-state index contributed by atoms with van der Waals surface area (Å²) in [6.45, 7) is 2.98. The molecule has 11 heteroatoms. The molecule has 0 aliphatic heterocycles. The van der Waals surface area contributed by atoms with Crippen LogP contribution in [0.4, 0.5) is 13.2 Å². The van der Waals surface area contributed by atoms with E-state index >= 15 is 0 Å². The summed E-state index contributed by atoms with van der Waals surface area (Å²) < 4.78 is 43.8. The van der Waals surface area contributed by atoms with E-state index in [9.17, 15) is 22.8 Å². The number of nitrogens with one attached hydrogen (secondary N) is 1. The maximum absolute atomic E-state index is 12.8. The van der Waals surface area contributed by atoms with Crippen molar-refractivity contribution in [3.8, 4) is 0 Å². The second-order valence-electron chi connectivity index (χ2n) is 5.49. The summed E-state index contributed by atoms with van der Waals surface area (Å²) >= 11 is 5.52. The van der Waals surface area contributed by atoms with Crippen LogP contribution in [0.15, 0.2) is 21.6 Å². The quantitative estimate of drug-likeness (QED) is 0.862. The van der Waals surface area contributed by atoms with Gasteiger partial charge in [0.05, 0.1) is 12.1 Å². The Morgan fingerprint density at radius 3 is 2.68 bits per heavy atom. The topological polar surface area (TPSA) is 90.0 Å². The number of pyridine rings is 1. The van der Waals surface area contributed by atoms with E-state index in [0.717, 1.165) is 0 Å². The molecule has 0 aromatic carbocycles. The number of aromatic nitrogens is 3. The molecule has 0 fully saturated rings. The van der Waals surface area contributed by atoms with Gasteiger partial charge >= 0.3 is 6.18 Å². The van der Waals surface area contributed by atoms with Crippen molar-refractivity contribution in [2.24, 2.45) is 0 Å². The number of rotatable bonds is 5. The van der Waals surface area contributed by atoms with E-state index in [1.807, 2.05) is 13.8 Å². The molecular formula is C14H14ClF3N4O3. The highest BCUT2D eigenvalue weighted by atomic mass is 35.5. The first-order valence-corrected chi connectivity index (χ1v) is 7.52. The van der Waals surface area contributed by atoms with Gasteiger partial charge in [-0.25, -0.2) is 0 Å². The molecule has 2 rings (SSSR count). The van der Waals surface area contributed by atoms with Crippen molar-refractivity contribution in [2.75, 3.05) is 0 Å². The molecule has 0 spiro atoms. The highest BCUT2D eigenvalue weighted by molar-refractivity contribution is 6.30. The molecule has 2 heterocycles. The zero-order valence-corrected chi connectivity index (χ0v) is 14.0. The first-order chi connectivity index (χ1) is 11.6. The van der Waals surface area contributed by atoms with Crippen LogP contribution < -0.4 is 10.9 Å². The molecule has 0 aliphatic rings. The van der Waals surface area contributed by atoms with E-state index in [4.69, 9.17) is 16.1 Å². The van der Waals surface area contributed by atoms with Gasteiger partial charge in [-0.1, -0.05) is 30.6 Å². The highest BCUT2D eigenvalue weighted by Gasteiger charge is 2.32. The number of hydrogen-bond acceptors (Lipinski definition) is 5. The van der Waals surface area contributed by atoms with E-state index < -0.39 is 34.8 Å². The molecule has 0 saturated heterocycles. The fraction of sp³-hybridized carbons (Fsp3) is 0.429. The molecule has 7 nitrogen and oxygen atoms in total. The predicted octanol–water partition coefficient (Wildman–Crippen LogP) is 2.34. The zero-order chi connectivity index (χ0) is 18.8. The summed E-state index contributed by atoms with van der Waals surface area (Å²) in [5, 5.41) is 5.43.